The average Bonchev–Trinajstić information content (AvgIpc) is 3.36. The van der Waals surface area contributed by atoms with Gasteiger partial charge in [-0.25, -0.2) is 28.1 Å². The van der Waals surface area contributed by atoms with Gasteiger partial charge in [0.1, 0.15) is 12.2 Å². The smallest absolute Gasteiger partial charge is 0.336 e. The maximum Gasteiger partial charge on any atom is 0.336 e. The molecular formula is C15H21N3O5. The molecule has 1 aromatic heterocycles. The third-order valence-corrected chi connectivity index (χ3v) is 4.21. The quantitative estimate of drug-likeness (QED) is 0.511. The van der Waals surface area contributed by atoms with Crippen LogP contribution in [0.3, 0.4) is 0 Å². The van der Waals surface area contributed by atoms with Crippen LogP contribution < -0.4 is 17.1 Å². The van der Waals surface area contributed by atoms with Crippen LogP contribution in [-0.2, 0) is 29.1 Å². The summed E-state index contributed by atoms with van der Waals surface area (Å²) < 4.78 is 13.8. The van der Waals surface area contributed by atoms with E-state index in [9.17, 15) is 14.4 Å². The van der Waals surface area contributed by atoms with Gasteiger partial charge in [-0.3, -0.25) is 0 Å². The second-order valence-corrected chi connectivity index (χ2v) is 6.37. The van der Waals surface area contributed by atoms with Crippen LogP contribution >= 0.6 is 0 Å². The van der Waals surface area contributed by atoms with Gasteiger partial charge in [-0.15, -0.1) is 0 Å². The van der Waals surface area contributed by atoms with Gasteiger partial charge in [0.2, 0.25) is 0 Å². The lowest BCUT2D eigenvalue weighted by atomic mass is 10.3. The molecule has 0 aliphatic carbocycles. The summed E-state index contributed by atoms with van der Waals surface area (Å²) in [5.74, 6) is 0. The van der Waals surface area contributed by atoms with E-state index in [2.05, 4.69) is 6.58 Å². The Morgan fingerprint density at radius 3 is 1.57 bits per heavy atom. The Labute approximate surface area is 132 Å². The lowest BCUT2D eigenvalue weighted by Gasteiger charge is -2.13. The summed E-state index contributed by atoms with van der Waals surface area (Å²) in [6.07, 6.45) is -0.299. The summed E-state index contributed by atoms with van der Waals surface area (Å²) >= 11 is 0. The summed E-state index contributed by atoms with van der Waals surface area (Å²) in [6, 6.07) is 0. The fraction of sp³-hybridized carbons (Fsp3) is 0.667. The van der Waals surface area contributed by atoms with Crippen LogP contribution in [-0.4, -0.2) is 38.1 Å². The fourth-order valence-corrected chi connectivity index (χ4v) is 2.60. The topological polar surface area (TPSA) is 91.1 Å². The number of rotatable bonds is 6. The Morgan fingerprint density at radius 1 is 0.913 bits per heavy atom. The maximum absolute atomic E-state index is 12.6. The molecule has 4 atom stereocenters. The molecule has 8 nitrogen and oxygen atoms in total. The molecule has 0 saturated carbocycles. The van der Waals surface area contributed by atoms with E-state index in [1.807, 2.05) is 13.8 Å². The van der Waals surface area contributed by atoms with Gasteiger partial charge < -0.3 is 9.47 Å². The number of hydrogen-bond acceptors (Lipinski definition) is 5. The lowest BCUT2D eigenvalue weighted by Crippen LogP contribution is -2.55. The van der Waals surface area contributed by atoms with Crippen LogP contribution in [0.5, 0.6) is 0 Å². The van der Waals surface area contributed by atoms with Gasteiger partial charge in [0.05, 0.1) is 31.8 Å². The van der Waals surface area contributed by atoms with Gasteiger partial charge >= 0.3 is 17.1 Å². The summed E-state index contributed by atoms with van der Waals surface area (Å²) in [4.78, 5) is 37.6. The van der Waals surface area contributed by atoms with E-state index < -0.39 is 17.1 Å². The number of hydrogen-bond donors (Lipinski definition) is 0. The molecule has 1 aromatic rings. The lowest BCUT2D eigenvalue weighted by molar-refractivity contribution is 0.331. The van der Waals surface area contributed by atoms with Crippen molar-refractivity contribution in [3.05, 3.63) is 43.6 Å². The number of epoxide rings is 2. The molecule has 8 heteroatoms. The SMILES string of the molecule is C=C(C)Cn1c(=O)n(CC2OC2C)c(=O)n(CC2OC2C)c1=O. The Bertz CT molecular complexity index is 762. The molecule has 0 aromatic carbocycles. The fourth-order valence-electron chi connectivity index (χ4n) is 2.60. The van der Waals surface area contributed by atoms with E-state index in [0.29, 0.717) is 5.57 Å². The first-order valence-electron chi connectivity index (χ1n) is 7.69. The molecule has 0 bridgehead atoms. The van der Waals surface area contributed by atoms with Crippen molar-refractivity contribution in [1.29, 1.82) is 0 Å². The van der Waals surface area contributed by atoms with Crippen molar-refractivity contribution >= 4 is 0 Å². The highest BCUT2D eigenvalue weighted by molar-refractivity contribution is 4.93. The highest BCUT2D eigenvalue weighted by Crippen LogP contribution is 2.22. The van der Waals surface area contributed by atoms with Gasteiger partial charge in [-0.05, 0) is 20.8 Å². The van der Waals surface area contributed by atoms with Crippen molar-refractivity contribution in [2.24, 2.45) is 0 Å². The molecule has 0 spiro atoms. The number of ether oxygens (including phenoxy) is 2. The molecule has 2 fully saturated rings. The standard InChI is InChI=1S/C15H21N3O5/c1-8(2)5-16-13(19)17(6-11-9(3)22-11)15(21)18(14(16)20)7-12-10(4)23-12/h9-12H,1,5-7H2,2-4H3. The van der Waals surface area contributed by atoms with Crippen LogP contribution in [0.15, 0.2) is 26.5 Å². The third kappa shape index (κ3) is 3.09. The van der Waals surface area contributed by atoms with Crippen molar-refractivity contribution in [3.63, 3.8) is 0 Å². The zero-order chi connectivity index (χ0) is 16.9. The minimum absolute atomic E-state index is 0.0167. The van der Waals surface area contributed by atoms with Crippen molar-refractivity contribution in [2.75, 3.05) is 0 Å². The molecule has 0 N–H and O–H groups in total. The van der Waals surface area contributed by atoms with Gasteiger partial charge in [0, 0.05) is 0 Å². The summed E-state index contributed by atoms with van der Waals surface area (Å²) in [5, 5.41) is 0. The molecule has 0 amide bonds. The average molecular weight is 323 g/mol. The Morgan fingerprint density at radius 2 is 1.26 bits per heavy atom. The van der Waals surface area contributed by atoms with E-state index >= 15 is 0 Å². The second kappa shape index (κ2) is 5.61. The first-order valence-corrected chi connectivity index (χ1v) is 7.69. The number of nitrogens with zero attached hydrogens (tertiary/aromatic N) is 3. The molecule has 2 aliphatic rings. The van der Waals surface area contributed by atoms with Crippen molar-refractivity contribution in [2.45, 2.75) is 64.8 Å². The molecule has 4 unspecified atom stereocenters. The minimum Gasteiger partial charge on any atom is -0.368 e. The first kappa shape index (κ1) is 15.9. The molecule has 3 heterocycles. The highest BCUT2D eigenvalue weighted by Gasteiger charge is 2.38. The summed E-state index contributed by atoms with van der Waals surface area (Å²) in [7, 11) is 0. The minimum atomic E-state index is -0.619. The normalized spacial score (nSPS) is 28.7. The second-order valence-electron chi connectivity index (χ2n) is 6.37. The van der Waals surface area contributed by atoms with Gasteiger partial charge in [-0.2, -0.15) is 0 Å². The van der Waals surface area contributed by atoms with Gasteiger partial charge in [-0.1, -0.05) is 12.2 Å². The van der Waals surface area contributed by atoms with Crippen LogP contribution in [0.1, 0.15) is 20.8 Å². The van der Waals surface area contributed by atoms with Crippen molar-refractivity contribution in [3.8, 4) is 0 Å². The first-order chi connectivity index (χ1) is 10.8. The van der Waals surface area contributed by atoms with Crippen LogP contribution in [0.4, 0.5) is 0 Å². The van der Waals surface area contributed by atoms with E-state index in [0.717, 1.165) is 13.7 Å². The Balaban J connectivity index is 2.08. The molecule has 23 heavy (non-hydrogen) atoms. The Kier molecular flexibility index (Phi) is 3.89. The van der Waals surface area contributed by atoms with Gasteiger partial charge in [0.15, 0.2) is 0 Å². The van der Waals surface area contributed by atoms with Crippen LogP contribution in [0.25, 0.3) is 0 Å². The molecule has 2 saturated heterocycles. The molecule has 2 aliphatic heterocycles. The third-order valence-electron chi connectivity index (χ3n) is 4.21. The van der Waals surface area contributed by atoms with E-state index in [-0.39, 0.29) is 44.1 Å². The van der Waals surface area contributed by atoms with Crippen molar-refractivity contribution in [1.82, 2.24) is 13.7 Å². The summed E-state index contributed by atoms with van der Waals surface area (Å²) in [5.41, 5.74) is -1.19. The number of allylic oxidation sites excluding steroid dienone is 1. The van der Waals surface area contributed by atoms with Crippen molar-refractivity contribution < 1.29 is 9.47 Å². The van der Waals surface area contributed by atoms with E-state index in [1.54, 1.807) is 6.92 Å². The number of aromatic nitrogens is 3. The van der Waals surface area contributed by atoms with E-state index in [4.69, 9.17) is 9.47 Å². The summed E-state index contributed by atoms with van der Waals surface area (Å²) in [6.45, 7) is 9.59. The zero-order valence-electron chi connectivity index (χ0n) is 13.5. The largest absolute Gasteiger partial charge is 0.368 e. The predicted octanol–water partition coefficient (Wildman–Crippen LogP) is -0.678. The zero-order valence-corrected chi connectivity index (χ0v) is 13.5. The maximum atomic E-state index is 12.6. The van der Waals surface area contributed by atoms with Gasteiger partial charge in [0.25, 0.3) is 0 Å². The van der Waals surface area contributed by atoms with Crippen LogP contribution in [0, 0.1) is 0 Å². The Hall–Kier alpha value is -1.93. The predicted molar refractivity (Wildman–Crippen MR) is 82.7 cm³/mol. The van der Waals surface area contributed by atoms with E-state index in [1.165, 1.54) is 0 Å². The highest BCUT2D eigenvalue weighted by atomic mass is 16.6. The molecular weight excluding hydrogens is 302 g/mol. The molecule has 3 rings (SSSR count). The molecule has 126 valence electrons. The monoisotopic (exact) mass is 323 g/mol. The van der Waals surface area contributed by atoms with Crippen LogP contribution in [0.2, 0.25) is 0 Å². The molecule has 0 radical (unpaired) electrons.